The number of thioether (sulfide) groups is 1. The van der Waals surface area contributed by atoms with Crippen molar-refractivity contribution in [3.05, 3.63) is 48.0 Å². The van der Waals surface area contributed by atoms with Crippen LogP contribution in [0.3, 0.4) is 0 Å². The molecule has 0 bridgehead atoms. The number of imidazole rings is 1. The molecular weight excluding hydrogens is 510 g/mol. The maximum absolute atomic E-state index is 13.4. The van der Waals surface area contributed by atoms with Gasteiger partial charge in [0.05, 0.1) is 28.6 Å². The molecule has 0 amide bonds. The Morgan fingerprint density at radius 2 is 2.03 bits per heavy atom. The molecule has 0 unspecified atom stereocenters. The zero-order chi connectivity index (χ0) is 26.0. The van der Waals surface area contributed by atoms with E-state index >= 15 is 0 Å². The van der Waals surface area contributed by atoms with Crippen LogP contribution in [0.1, 0.15) is 45.1 Å². The van der Waals surface area contributed by atoms with E-state index in [4.69, 9.17) is 14.5 Å². The van der Waals surface area contributed by atoms with Crippen LogP contribution < -0.4 is 4.74 Å². The zero-order valence-electron chi connectivity index (χ0n) is 21.3. The van der Waals surface area contributed by atoms with Gasteiger partial charge in [0.2, 0.25) is 10.0 Å². The van der Waals surface area contributed by atoms with Crippen LogP contribution in [0.15, 0.2) is 52.5 Å². The van der Waals surface area contributed by atoms with E-state index in [0.29, 0.717) is 42.6 Å². The number of ether oxygens (including phenoxy) is 2. The van der Waals surface area contributed by atoms with Gasteiger partial charge in [-0.2, -0.15) is 4.31 Å². The Balaban J connectivity index is 1.46. The molecule has 2 saturated heterocycles. The molecule has 37 heavy (non-hydrogen) atoms. The van der Waals surface area contributed by atoms with Crippen LogP contribution in [-0.4, -0.2) is 54.0 Å². The first-order valence-corrected chi connectivity index (χ1v) is 15.2. The molecule has 1 aromatic heterocycles. The number of carbonyl (C=O) groups is 1. The van der Waals surface area contributed by atoms with E-state index in [-0.39, 0.29) is 17.0 Å². The smallest absolute Gasteiger partial charge is 0.308 e. The van der Waals surface area contributed by atoms with E-state index in [0.717, 1.165) is 48.5 Å². The Morgan fingerprint density at radius 1 is 1.19 bits per heavy atom. The lowest BCUT2D eigenvalue weighted by atomic mass is 10.0. The van der Waals surface area contributed by atoms with Crippen LogP contribution >= 0.6 is 11.8 Å². The van der Waals surface area contributed by atoms with Crippen molar-refractivity contribution in [1.29, 1.82) is 0 Å². The van der Waals surface area contributed by atoms with Gasteiger partial charge in [-0.25, -0.2) is 13.4 Å². The van der Waals surface area contributed by atoms with E-state index in [1.165, 1.54) is 18.7 Å². The maximum Gasteiger partial charge on any atom is 0.308 e. The summed E-state index contributed by atoms with van der Waals surface area (Å²) in [5.41, 5.74) is 2.43. The van der Waals surface area contributed by atoms with Crippen molar-refractivity contribution in [2.75, 3.05) is 19.7 Å². The molecule has 3 aromatic rings. The predicted molar refractivity (Wildman–Crippen MR) is 143 cm³/mol. The Hall–Kier alpha value is -2.40. The number of hydrogen-bond acceptors (Lipinski definition) is 7. The molecule has 0 N–H and O–H groups in total. The van der Waals surface area contributed by atoms with Gasteiger partial charge in [0.25, 0.3) is 0 Å². The molecule has 198 valence electrons. The molecule has 0 aliphatic carbocycles. The lowest BCUT2D eigenvalue weighted by molar-refractivity contribution is -0.131. The number of para-hydroxylation sites is 1. The zero-order valence-corrected chi connectivity index (χ0v) is 22.9. The summed E-state index contributed by atoms with van der Waals surface area (Å²) in [6, 6.07) is 12.7. The molecular formula is C27H33N3O5S2. The summed E-state index contributed by atoms with van der Waals surface area (Å²) in [5.74, 6) is 1.08. The lowest BCUT2D eigenvalue weighted by Gasteiger charge is -2.30. The average Bonchev–Trinajstić information content (AvgIpc) is 3.51. The number of rotatable bonds is 8. The number of benzene rings is 2. The van der Waals surface area contributed by atoms with E-state index in [2.05, 4.69) is 11.5 Å². The minimum absolute atomic E-state index is 0.100. The van der Waals surface area contributed by atoms with Crippen molar-refractivity contribution in [1.82, 2.24) is 13.9 Å². The molecule has 3 heterocycles. The van der Waals surface area contributed by atoms with Crippen LogP contribution in [0, 0.1) is 5.92 Å². The van der Waals surface area contributed by atoms with E-state index in [1.54, 1.807) is 22.5 Å². The fourth-order valence-electron chi connectivity index (χ4n) is 5.06. The van der Waals surface area contributed by atoms with Crippen LogP contribution in [0.5, 0.6) is 5.75 Å². The van der Waals surface area contributed by atoms with Crippen LogP contribution in [0.2, 0.25) is 0 Å². The second-order valence-electron chi connectivity index (χ2n) is 9.89. The largest absolute Gasteiger partial charge is 0.426 e. The highest BCUT2D eigenvalue weighted by Gasteiger charge is 2.29. The van der Waals surface area contributed by atoms with Crippen molar-refractivity contribution in [3.8, 4) is 5.75 Å². The fraction of sp³-hybridized carbons (Fsp3) is 0.481. The molecule has 0 radical (unpaired) electrons. The second kappa shape index (κ2) is 11.1. The number of fused-ring (bicyclic) bond motifs is 1. The minimum atomic E-state index is -3.58. The second-order valence-corrected chi connectivity index (χ2v) is 12.8. The van der Waals surface area contributed by atoms with Gasteiger partial charge in [0, 0.05) is 37.9 Å². The van der Waals surface area contributed by atoms with E-state index < -0.39 is 10.0 Å². The molecule has 5 rings (SSSR count). The number of piperidine rings is 1. The van der Waals surface area contributed by atoms with Gasteiger partial charge < -0.3 is 14.0 Å². The summed E-state index contributed by atoms with van der Waals surface area (Å²) in [7, 11) is -3.58. The maximum atomic E-state index is 13.4. The first-order valence-electron chi connectivity index (χ1n) is 12.8. The normalized spacial score (nSPS) is 20.9. The van der Waals surface area contributed by atoms with Gasteiger partial charge in [-0.05, 0) is 55.9 Å². The molecule has 10 heteroatoms. The van der Waals surface area contributed by atoms with Crippen LogP contribution in [0.25, 0.3) is 11.0 Å². The quantitative estimate of drug-likeness (QED) is 0.228. The van der Waals surface area contributed by atoms with Crippen LogP contribution in [0.4, 0.5) is 0 Å². The molecule has 2 fully saturated rings. The highest BCUT2D eigenvalue weighted by atomic mass is 32.2. The lowest BCUT2D eigenvalue weighted by Crippen LogP contribution is -2.39. The highest BCUT2D eigenvalue weighted by Crippen LogP contribution is 2.33. The topological polar surface area (TPSA) is 90.7 Å². The average molecular weight is 544 g/mol. The van der Waals surface area contributed by atoms with Crippen molar-refractivity contribution >= 4 is 38.8 Å². The number of nitrogens with zero attached hydrogens (tertiary/aromatic N) is 3. The highest BCUT2D eigenvalue weighted by molar-refractivity contribution is 7.98. The van der Waals surface area contributed by atoms with Crippen molar-refractivity contribution < 1.29 is 22.7 Å². The molecule has 2 aliphatic heterocycles. The van der Waals surface area contributed by atoms with E-state index in [1.807, 2.05) is 24.3 Å². The van der Waals surface area contributed by atoms with Crippen LogP contribution in [-0.2, 0) is 31.9 Å². The van der Waals surface area contributed by atoms with E-state index in [9.17, 15) is 13.2 Å². The molecule has 2 aromatic carbocycles. The number of carbonyl (C=O) groups excluding carboxylic acids is 1. The molecule has 2 aliphatic rings. The summed E-state index contributed by atoms with van der Waals surface area (Å²) < 4.78 is 41.8. The van der Waals surface area contributed by atoms with Crippen molar-refractivity contribution in [3.63, 3.8) is 0 Å². The third-order valence-electron chi connectivity index (χ3n) is 6.94. The molecule has 2 atom stereocenters. The van der Waals surface area contributed by atoms with Crippen molar-refractivity contribution in [2.24, 2.45) is 5.92 Å². The Morgan fingerprint density at radius 3 is 2.78 bits per heavy atom. The predicted octanol–water partition coefficient (Wildman–Crippen LogP) is 4.85. The first kappa shape index (κ1) is 26.2. The first-order chi connectivity index (χ1) is 17.8. The van der Waals surface area contributed by atoms with Gasteiger partial charge in [0.1, 0.15) is 5.75 Å². The van der Waals surface area contributed by atoms with Gasteiger partial charge in [0.15, 0.2) is 5.16 Å². The Bertz CT molecular complexity index is 1380. The summed E-state index contributed by atoms with van der Waals surface area (Å²) in [6.07, 6.45) is 4.06. The van der Waals surface area contributed by atoms with Gasteiger partial charge in [-0.15, -0.1) is 0 Å². The Labute approximate surface area is 222 Å². The number of aromatic nitrogens is 2. The number of hydrogen-bond donors (Lipinski definition) is 0. The number of esters is 1. The summed E-state index contributed by atoms with van der Waals surface area (Å²) in [5, 5.41) is 0.782. The third kappa shape index (κ3) is 5.87. The standard InChI is InChI=1S/C27H33N3O5S2/c1-19-7-5-13-29(16-19)37(32,33)23-11-12-25-24(15-23)28-27(30(25)17-22-9-6-14-34-22)36-18-21-8-3-4-10-26(21)35-20(2)31/h3-4,8,10-12,15,19,22H,5-7,9,13-14,16-18H2,1-2H3/t19-,22-/m0/s1. The summed E-state index contributed by atoms with van der Waals surface area (Å²) >= 11 is 1.54. The molecule has 0 spiro atoms. The SMILES string of the molecule is CC(=O)Oc1ccccc1CSc1nc2cc(S(=O)(=O)N3CCC[C@H](C)C3)ccc2n1C[C@@H]1CCCO1. The molecule has 0 saturated carbocycles. The van der Waals surface area contributed by atoms with Gasteiger partial charge in [-0.1, -0.05) is 36.9 Å². The summed E-state index contributed by atoms with van der Waals surface area (Å²) in [4.78, 5) is 16.7. The van der Waals surface area contributed by atoms with Gasteiger partial charge in [-0.3, -0.25) is 4.79 Å². The molecule has 8 nitrogen and oxygen atoms in total. The Kier molecular flexibility index (Phi) is 7.90. The van der Waals surface area contributed by atoms with Crippen molar-refractivity contribution in [2.45, 2.75) is 68.0 Å². The summed E-state index contributed by atoms with van der Waals surface area (Å²) in [6.45, 7) is 6.01. The van der Waals surface area contributed by atoms with Gasteiger partial charge >= 0.3 is 5.97 Å². The fourth-order valence-corrected chi connectivity index (χ4v) is 7.69. The third-order valence-corrected chi connectivity index (χ3v) is 9.82. The monoisotopic (exact) mass is 543 g/mol. The number of sulfonamides is 1. The minimum Gasteiger partial charge on any atom is -0.426 e.